The lowest BCUT2D eigenvalue weighted by molar-refractivity contribution is -0.119. The molecule has 0 aliphatic rings. The zero-order valence-corrected chi connectivity index (χ0v) is 8.00. The lowest BCUT2D eigenvalue weighted by atomic mass is 10.00. The fourth-order valence-corrected chi connectivity index (χ4v) is 0.946. The maximum absolute atomic E-state index is 11.0. The molecule has 1 amide bonds. The first-order chi connectivity index (χ1) is 5.49. The summed E-state index contributed by atoms with van der Waals surface area (Å²) in [5.74, 6) is -0.560. The third-order valence-corrected chi connectivity index (χ3v) is 2.08. The molecule has 0 aromatic carbocycles. The largest absolute Gasteiger partial charge is 0.430 e. The number of amides is 1. The van der Waals surface area contributed by atoms with Gasteiger partial charge in [0, 0.05) is 0 Å². The molecule has 0 fully saturated rings. The van der Waals surface area contributed by atoms with Crippen molar-refractivity contribution in [2.24, 2.45) is 21.2 Å². The maximum atomic E-state index is 11.0. The van der Waals surface area contributed by atoms with Crippen LogP contribution in [-0.4, -0.2) is 11.9 Å². The summed E-state index contributed by atoms with van der Waals surface area (Å²) < 4.78 is 13.4. The molecule has 0 bridgehead atoms. The fourth-order valence-electron chi connectivity index (χ4n) is 0.647. The molecule has 12 heavy (non-hydrogen) atoms. The topological polar surface area (TPSA) is 98.5 Å². The van der Waals surface area contributed by atoms with Gasteiger partial charge in [0.25, 0.3) is 0 Å². The highest BCUT2D eigenvalue weighted by molar-refractivity contribution is 7.72. The molecule has 72 valence electrons. The van der Waals surface area contributed by atoms with Crippen LogP contribution in [0.2, 0.25) is 0 Å². The summed E-state index contributed by atoms with van der Waals surface area (Å²) in [6.45, 7) is 3.74. The van der Waals surface area contributed by atoms with E-state index >= 15 is 0 Å². The van der Waals surface area contributed by atoms with E-state index in [4.69, 9.17) is 10.9 Å². The van der Waals surface area contributed by atoms with E-state index in [-0.39, 0.29) is 5.92 Å². The van der Waals surface area contributed by atoms with Gasteiger partial charge >= 0.3 is 0 Å². The van der Waals surface area contributed by atoms with Crippen molar-refractivity contribution in [2.45, 2.75) is 26.3 Å². The summed E-state index contributed by atoms with van der Waals surface area (Å²) in [6.07, 6.45) is 0.777. The van der Waals surface area contributed by atoms with Gasteiger partial charge < -0.3 is 19.4 Å². The van der Waals surface area contributed by atoms with Gasteiger partial charge in [0.15, 0.2) is 0 Å². The van der Waals surface area contributed by atoms with Gasteiger partial charge in [-0.25, -0.2) is 0 Å². The average molecular weight is 192 g/mol. The van der Waals surface area contributed by atoms with Crippen LogP contribution in [0.5, 0.6) is 0 Å². The van der Waals surface area contributed by atoms with E-state index in [2.05, 4.69) is 4.36 Å². The highest BCUT2D eigenvalue weighted by atomic mass is 32.2. The summed E-state index contributed by atoms with van der Waals surface area (Å²) >= 11 is 0. The quantitative estimate of drug-likeness (QED) is 0.611. The third kappa shape index (κ3) is 3.80. The lowest BCUT2D eigenvalue weighted by Crippen LogP contribution is -2.35. The summed E-state index contributed by atoms with van der Waals surface area (Å²) in [6, 6.07) is -0.692. The Morgan fingerprint density at radius 1 is 1.67 bits per heavy atom. The smallest absolute Gasteiger partial charge is 0.240 e. The average Bonchev–Trinajstić information content (AvgIpc) is 2.00. The minimum absolute atomic E-state index is 0.0322. The van der Waals surface area contributed by atoms with Crippen LogP contribution in [0.1, 0.15) is 20.3 Å². The van der Waals surface area contributed by atoms with Gasteiger partial charge in [-0.3, -0.25) is 4.79 Å². The van der Waals surface area contributed by atoms with Crippen molar-refractivity contribution >= 4 is 16.7 Å². The number of rotatable bonds is 3. The molecular weight excluding hydrogens is 178 g/mol. The fraction of sp³-hybridized carbons (Fsp3) is 0.833. The molecule has 0 aliphatic carbocycles. The summed E-state index contributed by atoms with van der Waals surface area (Å²) in [7, 11) is -1.94. The molecule has 0 heterocycles. The predicted molar refractivity (Wildman–Crippen MR) is 47.1 cm³/mol. The molecule has 4 N–H and O–H groups in total. The Kier molecular flexibility index (Phi) is 5.03. The van der Waals surface area contributed by atoms with Crippen LogP contribution in [0.4, 0.5) is 0 Å². The van der Waals surface area contributed by atoms with Crippen molar-refractivity contribution in [1.29, 1.82) is 0 Å². The number of nitrogens with zero attached hydrogens (tertiary/aromatic N) is 1. The van der Waals surface area contributed by atoms with Gasteiger partial charge in [0.1, 0.15) is 0 Å². The van der Waals surface area contributed by atoms with Crippen LogP contribution in [0.25, 0.3) is 0 Å². The molecule has 0 saturated heterocycles. The highest BCUT2D eigenvalue weighted by Crippen LogP contribution is 2.06. The van der Waals surface area contributed by atoms with E-state index in [1.807, 2.05) is 13.8 Å². The second-order valence-corrected chi connectivity index (χ2v) is 3.35. The van der Waals surface area contributed by atoms with Gasteiger partial charge in [-0.1, -0.05) is 20.3 Å². The molecule has 6 heteroatoms. The van der Waals surface area contributed by atoms with Crippen LogP contribution in [0.3, 0.4) is 0 Å². The Morgan fingerprint density at radius 3 is 2.50 bits per heavy atom. The van der Waals surface area contributed by atoms with Crippen LogP contribution >= 0.6 is 0 Å². The standard InChI is InChI=1S/C6H14N3O2S/c1-3-4(2)5(7)6(10)9-12(8)11/h4-5H,3,7H2,1-2H3,(H2,8,9,10,11)/q-1/t4-,5-/m0/s1. The second kappa shape index (κ2) is 5.23. The molecule has 0 spiro atoms. The molecular formula is C6H14N3O2S-. The Balaban J connectivity index is 4.30. The summed E-state index contributed by atoms with van der Waals surface area (Å²) in [5.41, 5.74) is 5.49. The Hall–Kier alpha value is -0.460. The van der Waals surface area contributed by atoms with Crippen molar-refractivity contribution in [3.05, 3.63) is 0 Å². The maximum Gasteiger partial charge on any atom is 0.240 e. The van der Waals surface area contributed by atoms with Crippen molar-refractivity contribution in [2.75, 3.05) is 0 Å². The van der Waals surface area contributed by atoms with Gasteiger partial charge in [-0.15, -0.1) is 10.8 Å². The van der Waals surface area contributed by atoms with Gasteiger partial charge in [0.05, 0.1) is 6.04 Å². The molecule has 0 aromatic rings. The molecule has 0 unspecified atom stereocenters. The SMILES string of the molecule is CC[C@H](C)[C@H](N)C(=O)N=[S-](N)=O. The van der Waals surface area contributed by atoms with Crippen LogP contribution in [0, 0.1) is 5.92 Å². The van der Waals surface area contributed by atoms with Gasteiger partial charge in [-0.05, 0) is 5.92 Å². The number of carbonyl (C=O) groups excluding carboxylic acids is 1. The van der Waals surface area contributed by atoms with E-state index in [0.717, 1.165) is 6.42 Å². The molecule has 2 atom stereocenters. The first-order valence-electron chi connectivity index (χ1n) is 3.66. The summed E-state index contributed by atoms with van der Waals surface area (Å²) in [4.78, 5) is 11.0. The number of hydrogen-bond donors (Lipinski definition) is 2. The molecule has 0 radical (unpaired) electrons. The van der Waals surface area contributed by atoms with Gasteiger partial charge in [-0.2, -0.15) is 0 Å². The monoisotopic (exact) mass is 192 g/mol. The van der Waals surface area contributed by atoms with E-state index in [0.29, 0.717) is 0 Å². The van der Waals surface area contributed by atoms with Crippen LogP contribution in [0.15, 0.2) is 4.36 Å². The Morgan fingerprint density at radius 2 is 2.17 bits per heavy atom. The molecule has 0 saturated carbocycles. The van der Waals surface area contributed by atoms with E-state index in [9.17, 15) is 9.00 Å². The van der Waals surface area contributed by atoms with E-state index in [1.54, 1.807) is 0 Å². The predicted octanol–water partition coefficient (Wildman–Crippen LogP) is -0.0925. The van der Waals surface area contributed by atoms with E-state index < -0.39 is 22.7 Å². The number of nitrogens with two attached hydrogens (primary N) is 2. The zero-order valence-electron chi connectivity index (χ0n) is 7.19. The first-order valence-corrected chi connectivity index (χ1v) is 4.83. The second-order valence-electron chi connectivity index (χ2n) is 2.62. The first kappa shape index (κ1) is 11.5. The molecule has 0 rings (SSSR count). The van der Waals surface area contributed by atoms with Crippen molar-refractivity contribution in [3.8, 4) is 0 Å². The minimum atomic E-state index is -1.94. The lowest BCUT2D eigenvalue weighted by Gasteiger charge is -2.14. The normalized spacial score (nSPS) is 18.7. The van der Waals surface area contributed by atoms with Crippen molar-refractivity contribution in [1.82, 2.24) is 0 Å². The molecule has 5 nitrogen and oxygen atoms in total. The number of hydrogen-bond acceptors (Lipinski definition) is 4. The highest BCUT2D eigenvalue weighted by Gasteiger charge is 2.16. The Labute approximate surface area is 73.9 Å². The molecule has 0 aromatic heterocycles. The molecule has 0 aliphatic heterocycles. The zero-order chi connectivity index (χ0) is 9.72. The van der Waals surface area contributed by atoms with Crippen molar-refractivity contribution < 1.29 is 9.00 Å². The Bertz CT molecular complexity index is 235. The van der Waals surface area contributed by atoms with Crippen LogP contribution < -0.4 is 10.9 Å². The summed E-state index contributed by atoms with van der Waals surface area (Å²) in [5, 5.41) is 4.80. The van der Waals surface area contributed by atoms with Crippen molar-refractivity contribution in [3.63, 3.8) is 0 Å². The minimum Gasteiger partial charge on any atom is -0.430 e. The third-order valence-electron chi connectivity index (χ3n) is 1.72. The van der Waals surface area contributed by atoms with Gasteiger partial charge in [0.2, 0.25) is 5.91 Å². The number of carbonyl (C=O) groups is 1. The van der Waals surface area contributed by atoms with Crippen LogP contribution in [-0.2, 0) is 19.8 Å². The van der Waals surface area contributed by atoms with E-state index in [1.165, 1.54) is 0 Å².